The molecule has 27 heavy (non-hydrogen) atoms. The fourth-order valence-electron chi connectivity index (χ4n) is 3.17. The van der Waals surface area contributed by atoms with Crippen LogP contribution in [-0.4, -0.2) is 53.7 Å². The van der Waals surface area contributed by atoms with Crippen LogP contribution in [0.1, 0.15) is 29.1 Å². The molecule has 2 aromatic rings. The zero-order valence-corrected chi connectivity index (χ0v) is 17.1. The Morgan fingerprint density at radius 2 is 2.22 bits per heavy atom. The van der Waals surface area contributed by atoms with Gasteiger partial charge in [0.2, 0.25) is 0 Å². The number of nitrogens with zero attached hydrogens (tertiary/aromatic N) is 3. The van der Waals surface area contributed by atoms with E-state index in [4.69, 9.17) is 21.1 Å². The second kappa shape index (κ2) is 9.30. The summed E-state index contributed by atoms with van der Waals surface area (Å²) in [7, 11) is 3.46. The van der Waals surface area contributed by atoms with Gasteiger partial charge in [-0.2, -0.15) is 0 Å². The van der Waals surface area contributed by atoms with Gasteiger partial charge in [0, 0.05) is 44.6 Å². The molecule has 0 radical (unpaired) electrons. The van der Waals surface area contributed by atoms with Crippen LogP contribution in [0, 0.1) is 0 Å². The van der Waals surface area contributed by atoms with Gasteiger partial charge in [-0.1, -0.05) is 11.6 Å². The minimum Gasteiger partial charge on any atom is -0.493 e. The minimum atomic E-state index is -0.146. The Morgan fingerprint density at radius 1 is 1.44 bits per heavy atom. The van der Waals surface area contributed by atoms with Crippen LogP contribution in [0.15, 0.2) is 24.5 Å². The molecule has 1 amide bonds. The smallest absolute Gasteiger partial charge is 0.254 e. The molecule has 1 aromatic heterocycles. The predicted octanol–water partition coefficient (Wildman–Crippen LogP) is 2.69. The normalized spacial score (nSPS) is 16.6. The van der Waals surface area contributed by atoms with Gasteiger partial charge in [-0.05, 0) is 19.1 Å². The molecule has 3 rings (SSSR count). The van der Waals surface area contributed by atoms with Crippen molar-refractivity contribution in [1.29, 1.82) is 0 Å². The molecular weight excluding hydrogens is 391 g/mol. The largest absolute Gasteiger partial charge is 0.493 e. The molecule has 0 bridgehead atoms. The number of benzene rings is 1. The zero-order chi connectivity index (χ0) is 18.7. The first-order chi connectivity index (χ1) is 12.6. The van der Waals surface area contributed by atoms with Gasteiger partial charge in [-0.15, -0.1) is 12.4 Å². The van der Waals surface area contributed by atoms with Gasteiger partial charge in [0.05, 0.1) is 18.7 Å². The van der Waals surface area contributed by atoms with Crippen molar-refractivity contribution >= 4 is 29.9 Å². The number of halogens is 2. The highest BCUT2D eigenvalue weighted by atomic mass is 35.5. The van der Waals surface area contributed by atoms with Crippen LogP contribution in [0.25, 0.3) is 0 Å². The number of carbonyl (C=O) groups is 1. The lowest BCUT2D eigenvalue weighted by Crippen LogP contribution is -2.49. The Bertz CT molecular complexity index is 797. The summed E-state index contributed by atoms with van der Waals surface area (Å²) in [6.07, 6.45) is 3.62. The molecule has 1 aromatic carbocycles. The van der Waals surface area contributed by atoms with E-state index in [0.717, 1.165) is 12.4 Å². The van der Waals surface area contributed by atoms with Crippen molar-refractivity contribution in [1.82, 2.24) is 19.8 Å². The van der Waals surface area contributed by atoms with E-state index in [1.807, 2.05) is 29.6 Å². The Labute approximate surface area is 170 Å². The second-order valence-electron chi connectivity index (χ2n) is 6.04. The van der Waals surface area contributed by atoms with E-state index in [1.165, 1.54) is 7.11 Å². The van der Waals surface area contributed by atoms with Crippen molar-refractivity contribution in [2.24, 2.45) is 7.05 Å². The lowest BCUT2D eigenvalue weighted by atomic mass is 10.1. The number of ether oxygens (including phenoxy) is 2. The topological polar surface area (TPSA) is 68.6 Å². The monoisotopic (exact) mass is 414 g/mol. The quantitative estimate of drug-likeness (QED) is 0.814. The van der Waals surface area contributed by atoms with E-state index in [9.17, 15) is 4.79 Å². The Morgan fingerprint density at radius 3 is 2.85 bits per heavy atom. The zero-order valence-electron chi connectivity index (χ0n) is 15.6. The van der Waals surface area contributed by atoms with E-state index < -0.39 is 0 Å². The number of imidazole rings is 1. The average molecular weight is 415 g/mol. The molecule has 0 spiro atoms. The highest BCUT2D eigenvalue weighted by Crippen LogP contribution is 2.37. The first kappa shape index (κ1) is 21.3. The molecule has 1 saturated heterocycles. The number of amides is 1. The van der Waals surface area contributed by atoms with Gasteiger partial charge in [0.15, 0.2) is 11.5 Å². The molecule has 1 unspecified atom stereocenters. The molecule has 9 heteroatoms. The molecule has 1 atom stereocenters. The lowest BCUT2D eigenvalue weighted by Gasteiger charge is -2.36. The number of nitrogens with one attached hydrogen (secondary N) is 1. The maximum atomic E-state index is 13.2. The minimum absolute atomic E-state index is 0. The predicted molar refractivity (Wildman–Crippen MR) is 106 cm³/mol. The standard InChI is InChI=1S/C18H23ClN4O3.ClH/c1-4-26-16-13(19)9-12(10-15(16)25-3)18(24)23-8-5-20-11-14(23)17-21-6-7-22(17)2;/h6-7,9-10,14,20H,4-5,8,11H2,1-3H3;1H. The number of rotatable bonds is 5. The summed E-state index contributed by atoms with van der Waals surface area (Å²) in [5.41, 5.74) is 0.469. The Kier molecular flexibility index (Phi) is 7.35. The number of hydrogen-bond acceptors (Lipinski definition) is 5. The number of methoxy groups -OCH3 is 1. The third kappa shape index (κ3) is 4.31. The van der Waals surface area contributed by atoms with Crippen LogP contribution in [0.3, 0.4) is 0 Å². The molecule has 1 fully saturated rings. The maximum Gasteiger partial charge on any atom is 0.254 e. The van der Waals surface area contributed by atoms with Crippen molar-refractivity contribution < 1.29 is 14.3 Å². The van der Waals surface area contributed by atoms with E-state index in [2.05, 4.69) is 10.3 Å². The van der Waals surface area contributed by atoms with Crippen LogP contribution in [0.2, 0.25) is 5.02 Å². The van der Waals surface area contributed by atoms with Crippen molar-refractivity contribution in [2.75, 3.05) is 33.4 Å². The van der Waals surface area contributed by atoms with Crippen LogP contribution in [0.4, 0.5) is 0 Å². The second-order valence-corrected chi connectivity index (χ2v) is 6.44. The van der Waals surface area contributed by atoms with Gasteiger partial charge >= 0.3 is 0 Å². The van der Waals surface area contributed by atoms with Crippen molar-refractivity contribution in [3.05, 3.63) is 40.9 Å². The molecule has 1 aliphatic rings. The van der Waals surface area contributed by atoms with E-state index in [-0.39, 0.29) is 24.4 Å². The summed E-state index contributed by atoms with van der Waals surface area (Å²) in [6, 6.07) is 3.17. The van der Waals surface area contributed by atoms with Crippen molar-refractivity contribution in [3.8, 4) is 11.5 Å². The van der Waals surface area contributed by atoms with E-state index in [1.54, 1.807) is 18.3 Å². The van der Waals surface area contributed by atoms with Crippen molar-refractivity contribution in [3.63, 3.8) is 0 Å². The molecule has 1 aliphatic heterocycles. The van der Waals surface area contributed by atoms with Gasteiger partial charge in [-0.25, -0.2) is 4.98 Å². The van der Waals surface area contributed by atoms with E-state index in [0.29, 0.717) is 41.8 Å². The summed E-state index contributed by atoms with van der Waals surface area (Å²) in [6.45, 7) is 4.30. The van der Waals surface area contributed by atoms with Crippen LogP contribution in [-0.2, 0) is 7.05 Å². The van der Waals surface area contributed by atoms with Gasteiger partial charge in [0.1, 0.15) is 11.9 Å². The molecule has 0 saturated carbocycles. The molecule has 148 valence electrons. The van der Waals surface area contributed by atoms with Gasteiger partial charge in [-0.3, -0.25) is 4.79 Å². The summed E-state index contributed by atoms with van der Waals surface area (Å²) >= 11 is 6.33. The maximum absolute atomic E-state index is 13.2. The number of aromatic nitrogens is 2. The average Bonchev–Trinajstić information content (AvgIpc) is 3.08. The van der Waals surface area contributed by atoms with Crippen LogP contribution >= 0.6 is 24.0 Å². The highest BCUT2D eigenvalue weighted by Gasteiger charge is 2.31. The molecule has 1 N–H and O–H groups in total. The summed E-state index contributed by atoms with van der Waals surface area (Å²) in [5, 5.41) is 3.69. The first-order valence-corrected chi connectivity index (χ1v) is 8.93. The highest BCUT2D eigenvalue weighted by molar-refractivity contribution is 6.32. The van der Waals surface area contributed by atoms with Crippen molar-refractivity contribution in [2.45, 2.75) is 13.0 Å². The number of aryl methyl sites for hydroxylation is 1. The Hall–Kier alpha value is -1.96. The SMILES string of the molecule is CCOc1c(Cl)cc(C(=O)N2CCNCC2c2nccn2C)cc1OC.Cl. The summed E-state index contributed by atoms with van der Waals surface area (Å²) in [4.78, 5) is 19.4. The van der Waals surface area contributed by atoms with E-state index >= 15 is 0 Å². The molecular formula is C18H24Cl2N4O3. The van der Waals surface area contributed by atoms with Crippen LogP contribution < -0.4 is 14.8 Å². The Balaban J connectivity index is 0.00000261. The number of carbonyl (C=O) groups excluding carboxylic acids is 1. The number of hydrogen-bond donors (Lipinski definition) is 1. The lowest BCUT2D eigenvalue weighted by molar-refractivity contribution is 0.0620. The fraction of sp³-hybridized carbons (Fsp3) is 0.444. The summed E-state index contributed by atoms with van der Waals surface area (Å²) in [5.74, 6) is 1.64. The molecule has 2 heterocycles. The van der Waals surface area contributed by atoms with Gasteiger partial charge in [0.25, 0.3) is 5.91 Å². The molecule has 0 aliphatic carbocycles. The first-order valence-electron chi connectivity index (χ1n) is 8.56. The fourth-order valence-corrected chi connectivity index (χ4v) is 3.44. The van der Waals surface area contributed by atoms with Crippen LogP contribution in [0.5, 0.6) is 11.5 Å². The third-order valence-electron chi connectivity index (χ3n) is 4.43. The van der Waals surface area contributed by atoms with Gasteiger partial charge < -0.3 is 24.3 Å². The number of piperazine rings is 1. The summed E-state index contributed by atoms with van der Waals surface area (Å²) < 4.78 is 12.8. The third-order valence-corrected chi connectivity index (χ3v) is 4.71. The molecule has 7 nitrogen and oxygen atoms in total.